The van der Waals surface area contributed by atoms with Crippen molar-refractivity contribution in [2.75, 3.05) is 18.8 Å². The third kappa shape index (κ3) is 2.20. The van der Waals surface area contributed by atoms with Crippen molar-refractivity contribution in [2.45, 2.75) is 24.9 Å². The Morgan fingerprint density at radius 2 is 2.00 bits per heavy atom. The fourth-order valence-electron chi connectivity index (χ4n) is 2.61. The van der Waals surface area contributed by atoms with Gasteiger partial charge in [0.2, 0.25) is 0 Å². The molecule has 2 aromatic heterocycles. The number of fused-ring (bicyclic) bond motifs is 1. The monoisotopic (exact) mass is 285 g/mol. The van der Waals surface area contributed by atoms with E-state index in [0.717, 1.165) is 32.0 Å². The second-order valence-electron chi connectivity index (χ2n) is 4.92. The number of alkyl halides is 3. The summed E-state index contributed by atoms with van der Waals surface area (Å²) in [4.78, 5) is 3.93. The van der Waals surface area contributed by atoms with Gasteiger partial charge in [0.1, 0.15) is 0 Å². The number of nitrogens with zero attached hydrogens (tertiary/aromatic N) is 3. The zero-order valence-corrected chi connectivity index (χ0v) is 10.6. The summed E-state index contributed by atoms with van der Waals surface area (Å²) in [5, 5.41) is 6.86. The standard InChI is InChI=1S/C12H14F3N5/c13-12(14,15)9-5-10-18-6-8(16)11(20(10)19-9)7-1-3-17-4-2-7/h5-7,17H,1-4,16H2. The Hall–Kier alpha value is -1.83. The maximum Gasteiger partial charge on any atom is 0.435 e. The van der Waals surface area contributed by atoms with Crippen LogP contribution in [-0.4, -0.2) is 27.7 Å². The minimum Gasteiger partial charge on any atom is -0.396 e. The number of anilines is 1. The SMILES string of the molecule is Nc1cnc2cc(C(F)(F)F)nn2c1C1CCNCC1. The van der Waals surface area contributed by atoms with E-state index in [1.807, 2.05) is 0 Å². The van der Waals surface area contributed by atoms with Crippen molar-refractivity contribution < 1.29 is 13.2 Å². The number of hydrogen-bond donors (Lipinski definition) is 2. The molecule has 0 amide bonds. The topological polar surface area (TPSA) is 68.2 Å². The van der Waals surface area contributed by atoms with Gasteiger partial charge >= 0.3 is 6.18 Å². The summed E-state index contributed by atoms with van der Waals surface area (Å²) < 4.78 is 39.5. The Kier molecular flexibility index (Phi) is 3.04. The van der Waals surface area contributed by atoms with Gasteiger partial charge in [0.05, 0.1) is 17.6 Å². The number of aromatic nitrogens is 3. The maximum absolute atomic E-state index is 12.8. The first-order valence-corrected chi connectivity index (χ1v) is 6.39. The van der Waals surface area contributed by atoms with Gasteiger partial charge in [-0.3, -0.25) is 0 Å². The summed E-state index contributed by atoms with van der Waals surface area (Å²) in [7, 11) is 0. The smallest absolute Gasteiger partial charge is 0.396 e. The molecular formula is C12H14F3N5. The minimum absolute atomic E-state index is 0.0998. The van der Waals surface area contributed by atoms with Crippen molar-refractivity contribution in [1.29, 1.82) is 0 Å². The number of nitrogen functional groups attached to an aromatic ring is 1. The van der Waals surface area contributed by atoms with Gasteiger partial charge < -0.3 is 11.1 Å². The molecule has 0 aromatic carbocycles. The van der Waals surface area contributed by atoms with E-state index in [2.05, 4.69) is 15.4 Å². The Balaban J connectivity index is 2.14. The van der Waals surface area contributed by atoms with E-state index in [1.54, 1.807) is 0 Å². The Morgan fingerprint density at radius 3 is 2.65 bits per heavy atom. The van der Waals surface area contributed by atoms with Crippen LogP contribution in [0.4, 0.5) is 18.9 Å². The lowest BCUT2D eigenvalue weighted by Gasteiger charge is -2.24. The van der Waals surface area contributed by atoms with Gasteiger partial charge in [-0.15, -0.1) is 0 Å². The number of rotatable bonds is 1. The quantitative estimate of drug-likeness (QED) is 0.838. The Labute approximate surface area is 113 Å². The van der Waals surface area contributed by atoms with Crippen molar-refractivity contribution >= 4 is 11.3 Å². The van der Waals surface area contributed by atoms with Crippen molar-refractivity contribution in [3.05, 3.63) is 23.7 Å². The molecule has 5 nitrogen and oxygen atoms in total. The highest BCUT2D eigenvalue weighted by Crippen LogP contribution is 2.33. The molecule has 1 saturated heterocycles. The van der Waals surface area contributed by atoms with Crippen LogP contribution < -0.4 is 11.1 Å². The highest BCUT2D eigenvalue weighted by Gasteiger charge is 2.35. The van der Waals surface area contributed by atoms with Crippen LogP contribution in [-0.2, 0) is 6.18 Å². The van der Waals surface area contributed by atoms with Crippen LogP contribution in [0.3, 0.4) is 0 Å². The predicted molar refractivity (Wildman–Crippen MR) is 67.2 cm³/mol. The summed E-state index contributed by atoms with van der Waals surface area (Å²) in [5.74, 6) is 0.0998. The van der Waals surface area contributed by atoms with Gasteiger partial charge in [0.25, 0.3) is 0 Å². The first-order chi connectivity index (χ1) is 9.47. The first-order valence-electron chi connectivity index (χ1n) is 6.39. The third-order valence-corrected chi connectivity index (χ3v) is 3.57. The van der Waals surface area contributed by atoms with E-state index in [-0.39, 0.29) is 11.6 Å². The second kappa shape index (κ2) is 4.62. The molecule has 0 radical (unpaired) electrons. The van der Waals surface area contributed by atoms with Crippen LogP contribution in [0.5, 0.6) is 0 Å². The lowest BCUT2D eigenvalue weighted by Crippen LogP contribution is -2.28. The third-order valence-electron chi connectivity index (χ3n) is 3.57. The molecule has 3 heterocycles. The zero-order chi connectivity index (χ0) is 14.3. The molecule has 1 fully saturated rings. The van der Waals surface area contributed by atoms with E-state index in [0.29, 0.717) is 11.4 Å². The van der Waals surface area contributed by atoms with E-state index in [1.165, 1.54) is 10.7 Å². The molecule has 2 aromatic rings. The van der Waals surface area contributed by atoms with E-state index >= 15 is 0 Å². The average molecular weight is 285 g/mol. The molecule has 1 aliphatic rings. The average Bonchev–Trinajstić information content (AvgIpc) is 2.83. The van der Waals surface area contributed by atoms with Gasteiger partial charge in [-0.25, -0.2) is 9.50 Å². The van der Waals surface area contributed by atoms with E-state index < -0.39 is 11.9 Å². The molecule has 0 atom stereocenters. The van der Waals surface area contributed by atoms with Crippen molar-refractivity contribution in [1.82, 2.24) is 19.9 Å². The number of nitrogens with two attached hydrogens (primary N) is 1. The molecule has 1 aliphatic heterocycles. The van der Waals surface area contributed by atoms with Crippen LogP contribution in [0.1, 0.15) is 30.1 Å². The molecule has 0 aliphatic carbocycles. The lowest BCUT2D eigenvalue weighted by molar-refractivity contribution is -0.141. The lowest BCUT2D eigenvalue weighted by atomic mass is 9.93. The molecule has 0 saturated carbocycles. The fraction of sp³-hybridized carbons (Fsp3) is 0.500. The minimum atomic E-state index is -4.48. The second-order valence-corrected chi connectivity index (χ2v) is 4.92. The van der Waals surface area contributed by atoms with Crippen LogP contribution in [0.25, 0.3) is 5.65 Å². The molecule has 0 spiro atoms. The highest BCUT2D eigenvalue weighted by atomic mass is 19.4. The zero-order valence-electron chi connectivity index (χ0n) is 10.6. The normalized spacial score (nSPS) is 17.8. The number of nitrogens with one attached hydrogen (secondary N) is 1. The summed E-state index contributed by atoms with van der Waals surface area (Å²) >= 11 is 0. The van der Waals surface area contributed by atoms with Crippen LogP contribution in [0, 0.1) is 0 Å². The molecule has 20 heavy (non-hydrogen) atoms. The van der Waals surface area contributed by atoms with Crippen LogP contribution >= 0.6 is 0 Å². The highest BCUT2D eigenvalue weighted by molar-refractivity contribution is 5.51. The summed E-state index contributed by atoms with van der Waals surface area (Å²) in [6.45, 7) is 1.64. The van der Waals surface area contributed by atoms with Crippen molar-refractivity contribution in [3.63, 3.8) is 0 Å². The molecule has 3 N–H and O–H groups in total. The summed E-state index contributed by atoms with van der Waals surface area (Å²) in [5.41, 5.74) is 6.17. The maximum atomic E-state index is 12.8. The fourth-order valence-corrected chi connectivity index (χ4v) is 2.61. The first kappa shape index (κ1) is 13.2. The predicted octanol–water partition coefficient (Wildman–Crippen LogP) is 1.80. The van der Waals surface area contributed by atoms with Crippen molar-refractivity contribution in [2.24, 2.45) is 0 Å². The number of hydrogen-bond acceptors (Lipinski definition) is 4. The molecule has 8 heteroatoms. The Bertz CT molecular complexity index is 628. The molecule has 0 bridgehead atoms. The van der Waals surface area contributed by atoms with Gasteiger partial charge in [0, 0.05) is 12.0 Å². The van der Waals surface area contributed by atoms with Gasteiger partial charge in [-0.2, -0.15) is 18.3 Å². The van der Waals surface area contributed by atoms with Crippen molar-refractivity contribution in [3.8, 4) is 0 Å². The number of piperidine rings is 1. The molecular weight excluding hydrogens is 271 g/mol. The van der Waals surface area contributed by atoms with Crippen LogP contribution in [0.15, 0.2) is 12.3 Å². The van der Waals surface area contributed by atoms with Gasteiger partial charge in [-0.05, 0) is 25.9 Å². The number of halogens is 3. The van der Waals surface area contributed by atoms with Gasteiger partial charge in [-0.1, -0.05) is 0 Å². The van der Waals surface area contributed by atoms with Gasteiger partial charge in [0.15, 0.2) is 11.3 Å². The summed E-state index contributed by atoms with van der Waals surface area (Å²) in [6.07, 6.45) is -1.42. The molecule has 108 valence electrons. The molecule has 3 rings (SSSR count). The van der Waals surface area contributed by atoms with E-state index in [4.69, 9.17) is 5.73 Å². The largest absolute Gasteiger partial charge is 0.435 e. The van der Waals surface area contributed by atoms with E-state index in [9.17, 15) is 13.2 Å². The summed E-state index contributed by atoms with van der Waals surface area (Å²) in [6, 6.07) is 0.948. The Morgan fingerprint density at radius 1 is 1.30 bits per heavy atom. The van der Waals surface area contributed by atoms with Crippen LogP contribution in [0.2, 0.25) is 0 Å². The molecule has 0 unspecified atom stereocenters.